The third-order valence-electron chi connectivity index (χ3n) is 3.77. The summed E-state index contributed by atoms with van der Waals surface area (Å²) in [7, 11) is -0.0328. The summed E-state index contributed by atoms with van der Waals surface area (Å²) in [4.78, 5) is 0. The summed E-state index contributed by atoms with van der Waals surface area (Å²) in [5.41, 5.74) is 0.978. The van der Waals surface area contributed by atoms with E-state index in [1.807, 2.05) is 49.4 Å². The van der Waals surface area contributed by atoms with Crippen LogP contribution >= 0.6 is 0 Å². The maximum atomic E-state index is 8.49. The van der Waals surface area contributed by atoms with Crippen LogP contribution in [0, 0.1) is 17.2 Å². The van der Waals surface area contributed by atoms with Gasteiger partial charge in [-0.2, -0.15) is 0 Å². The summed E-state index contributed by atoms with van der Waals surface area (Å²) < 4.78 is 56.0. The average Bonchev–Trinajstić information content (AvgIpc) is 2.65. The topological polar surface area (TPSA) is 131 Å². The predicted octanol–water partition coefficient (Wildman–Crippen LogP) is -0.0409. The molecule has 0 radical (unpaired) electrons. The van der Waals surface area contributed by atoms with Crippen molar-refractivity contribution in [3.63, 3.8) is 0 Å². The van der Waals surface area contributed by atoms with Crippen LogP contribution in [0.2, 0.25) is 0 Å². The second-order valence-corrected chi connectivity index (χ2v) is 6.34. The molecule has 0 saturated carbocycles. The van der Waals surface area contributed by atoms with Crippen molar-refractivity contribution in [3.8, 4) is 28.6 Å². The third-order valence-corrected chi connectivity index (χ3v) is 3.77. The minimum atomic E-state index is -4.94. The highest BCUT2D eigenvalue weighted by Gasteiger charge is 2.21. The Morgan fingerprint density at radius 1 is 0.786 bits per heavy atom. The van der Waals surface area contributed by atoms with Crippen molar-refractivity contribution in [2.45, 2.75) is 6.92 Å². The molecule has 0 fully saturated rings. The van der Waals surface area contributed by atoms with E-state index in [0.717, 1.165) is 33.6 Å². The monoisotopic (exact) mass is 410 g/mol. The molecule has 150 valence electrons. The normalized spacial score (nSPS) is 10.9. The number of fused-ring (bicyclic) bond motifs is 1. The molecule has 0 aliphatic carbocycles. The van der Waals surface area contributed by atoms with Gasteiger partial charge in [-0.25, -0.2) is 23.1 Å². The Balaban J connectivity index is 0.000000500. The SMILES string of the molecule is COc1ccc(-c2[o+]c(C)cc3cc(OC)c(OC)cc23)cc1.[O-][Cl+3]([O-])([O-])[O-]. The number of aryl methyl sites for hydroxylation is 1. The van der Waals surface area contributed by atoms with Gasteiger partial charge in [0.15, 0.2) is 11.5 Å². The number of benzene rings is 2. The third kappa shape index (κ3) is 5.69. The van der Waals surface area contributed by atoms with Gasteiger partial charge < -0.3 is 14.2 Å². The van der Waals surface area contributed by atoms with Gasteiger partial charge in [0, 0.05) is 17.5 Å². The highest BCUT2D eigenvalue weighted by molar-refractivity contribution is 5.96. The smallest absolute Gasteiger partial charge is 0.368 e. The lowest BCUT2D eigenvalue weighted by atomic mass is 10.0. The van der Waals surface area contributed by atoms with Crippen LogP contribution in [-0.2, 0) is 0 Å². The molecule has 0 atom stereocenters. The summed E-state index contributed by atoms with van der Waals surface area (Å²) in [6.07, 6.45) is 0. The number of hydrogen-bond donors (Lipinski definition) is 0. The van der Waals surface area contributed by atoms with Gasteiger partial charge in [-0.1, -0.05) is 0 Å². The molecule has 28 heavy (non-hydrogen) atoms. The Hall–Kier alpha value is -2.62. The van der Waals surface area contributed by atoms with Gasteiger partial charge in [-0.05, 0) is 30.3 Å². The van der Waals surface area contributed by atoms with Crippen LogP contribution in [0.1, 0.15) is 5.76 Å². The molecular formula is C19H19ClO8. The van der Waals surface area contributed by atoms with Gasteiger partial charge in [0.25, 0.3) is 0 Å². The molecule has 0 aliphatic rings. The molecule has 3 rings (SSSR count). The number of ether oxygens (including phenoxy) is 3. The average molecular weight is 411 g/mol. The molecule has 3 aromatic rings. The predicted molar refractivity (Wildman–Crippen MR) is 90.5 cm³/mol. The number of hydrogen-bond acceptors (Lipinski definition) is 7. The summed E-state index contributed by atoms with van der Waals surface area (Å²) >= 11 is 0. The Morgan fingerprint density at radius 3 is 1.82 bits per heavy atom. The van der Waals surface area contributed by atoms with Gasteiger partial charge in [0.1, 0.15) is 5.75 Å². The molecule has 1 heterocycles. The zero-order valence-corrected chi connectivity index (χ0v) is 16.4. The lowest BCUT2D eigenvalue weighted by Crippen LogP contribution is -2.68. The first-order valence-corrected chi connectivity index (χ1v) is 9.15. The molecule has 2 aromatic carbocycles. The zero-order valence-electron chi connectivity index (χ0n) is 15.7. The van der Waals surface area contributed by atoms with Gasteiger partial charge in [0.2, 0.25) is 0 Å². The molecule has 0 saturated heterocycles. The number of rotatable bonds is 4. The van der Waals surface area contributed by atoms with E-state index in [1.165, 1.54) is 0 Å². The Morgan fingerprint density at radius 2 is 1.32 bits per heavy atom. The van der Waals surface area contributed by atoms with E-state index in [0.29, 0.717) is 11.5 Å². The Kier molecular flexibility index (Phi) is 7.00. The first-order chi connectivity index (χ1) is 13.2. The minimum Gasteiger partial charge on any atom is -0.497 e. The maximum absolute atomic E-state index is 8.49. The maximum Gasteiger partial charge on any atom is 0.368 e. The molecule has 0 unspecified atom stereocenters. The van der Waals surface area contributed by atoms with Crippen LogP contribution in [0.5, 0.6) is 17.2 Å². The molecule has 0 amide bonds. The largest absolute Gasteiger partial charge is 0.497 e. The van der Waals surface area contributed by atoms with Gasteiger partial charge in [-0.3, -0.25) is 0 Å². The fourth-order valence-corrected chi connectivity index (χ4v) is 2.63. The fraction of sp³-hybridized carbons (Fsp3) is 0.211. The highest BCUT2D eigenvalue weighted by Crippen LogP contribution is 2.38. The number of halogens is 1. The first kappa shape index (κ1) is 21.7. The fourth-order valence-electron chi connectivity index (χ4n) is 2.63. The molecule has 0 N–H and O–H groups in total. The van der Waals surface area contributed by atoms with Crippen molar-refractivity contribution in [2.75, 3.05) is 21.3 Å². The van der Waals surface area contributed by atoms with Crippen molar-refractivity contribution in [2.24, 2.45) is 0 Å². The minimum absolute atomic E-state index is 0.675. The standard InChI is InChI=1S/C19H19O4.ClHO4/c1-12-9-14-10-17(21-3)18(22-4)11-16(14)19(23-12)13-5-7-15(20-2)8-6-13;2-1(3,4)5/h5-11H,1-4H3;(H,2,3,4,5)/q+1;/p-1. The van der Waals surface area contributed by atoms with E-state index < -0.39 is 10.2 Å². The summed E-state index contributed by atoms with van der Waals surface area (Å²) in [6, 6.07) is 13.7. The molecular weight excluding hydrogens is 392 g/mol. The van der Waals surface area contributed by atoms with Crippen molar-refractivity contribution >= 4 is 10.8 Å². The first-order valence-electron chi connectivity index (χ1n) is 7.92. The lowest BCUT2D eigenvalue weighted by Gasteiger charge is -2.17. The van der Waals surface area contributed by atoms with E-state index in [4.69, 9.17) is 37.3 Å². The van der Waals surface area contributed by atoms with Crippen LogP contribution in [0.15, 0.2) is 46.9 Å². The molecule has 0 spiro atoms. The van der Waals surface area contributed by atoms with E-state index in [1.54, 1.807) is 21.3 Å². The molecule has 0 aliphatic heterocycles. The van der Waals surface area contributed by atoms with Crippen LogP contribution < -0.4 is 32.8 Å². The quantitative estimate of drug-likeness (QED) is 0.547. The summed E-state index contributed by atoms with van der Waals surface area (Å²) in [6.45, 7) is 1.93. The molecule has 8 nitrogen and oxygen atoms in total. The summed E-state index contributed by atoms with van der Waals surface area (Å²) in [5, 5.41) is 2.01. The van der Waals surface area contributed by atoms with Crippen molar-refractivity contribution in [1.82, 2.24) is 0 Å². The van der Waals surface area contributed by atoms with E-state index >= 15 is 0 Å². The molecule has 0 bridgehead atoms. The van der Waals surface area contributed by atoms with E-state index in [-0.39, 0.29) is 0 Å². The van der Waals surface area contributed by atoms with Crippen molar-refractivity contribution < 1.29 is 47.5 Å². The highest BCUT2D eigenvalue weighted by atomic mass is 35.7. The van der Waals surface area contributed by atoms with Gasteiger partial charge >= 0.3 is 11.5 Å². The van der Waals surface area contributed by atoms with Crippen LogP contribution in [0.4, 0.5) is 0 Å². The van der Waals surface area contributed by atoms with E-state index in [2.05, 4.69) is 0 Å². The van der Waals surface area contributed by atoms with Crippen LogP contribution in [-0.4, -0.2) is 21.3 Å². The lowest BCUT2D eigenvalue weighted by molar-refractivity contribution is -2.00. The van der Waals surface area contributed by atoms with Crippen molar-refractivity contribution in [1.29, 1.82) is 0 Å². The molecule has 9 heteroatoms. The van der Waals surface area contributed by atoms with Gasteiger partial charge in [0.05, 0.1) is 39.2 Å². The number of methoxy groups -OCH3 is 3. The van der Waals surface area contributed by atoms with Crippen LogP contribution in [0.25, 0.3) is 22.1 Å². The second-order valence-electron chi connectivity index (χ2n) is 5.59. The van der Waals surface area contributed by atoms with E-state index in [9.17, 15) is 0 Å². The zero-order chi connectivity index (χ0) is 20.9. The Bertz CT molecular complexity index is 929. The molecule has 1 aromatic heterocycles. The van der Waals surface area contributed by atoms with Crippen LogP contribution in [0.3, 0.4) is 0 Å². The second kappa shape index (κ2) is 9.05. The Labute approximate surface area is 163 Å². The van der Waals surface area contributed by atoms with Gasteiger partial charge in [-0.15, -0.1) is 10.2 Å². The summed E-state index contributed by atoms with van der Waals surface area (Å²) in [5.74, 6) is 3.81. The van der Waals surface area contributed by atoms with Crippen molar-refractivity contribution in [3.05, 3.63) is 48.2 Å².